The van der Waals surface area contributed by atoms with Crippen molar-refractivity contribution in [1.82, 2.24) is 9.97 Å². The van der Waals surface area contributed by atoms with E-state index in [-0.39, 0.29) is 11.4 Å². The Labute approximate surface area is 124 Å². The molecule has 0 saturated heterocycles. The molecule has 0 unspecified atom stereocenters. The first-order chi connectivity index (χ1) is 10.5. The third-order valence-electron chi connectivity index (χ3n) is 3.14. The molecule has 22 heavy (non-hydrogen) atoms. The predicted molar refractivity (Wildman–Crippen MR) is 78.6 cm³/mol. The number of nitrogens with zero attached hydrogens (tertiary/aromatic N) is 2. The van der Waals surface area contributed by atoms with Crippen LogP contribution in [0.2, 0.25) is 0 Å². The molecule has 0 aliphatic rings. The van der Waals surface area contributed by atoms with Crippen molar-refractivity contribution in [2.24, 2.45) is 0 Å². The van der Waals surface area contributed by atoms with Gasteiger partial charge in [0.05, 0.1) is 16.7 Å². The van der Waals surface area contributed by atoms with Gasteiger partial charge in [0, 0.05) is 11.8 Å². The molecule has 1 N–H and O–H groups in total. The smallest absolute Gasteiger partial charge is 0.276 e. The van der Waals surface area contributed by atoms with E-state index in [9.17, 15) is 13.6 Å². The summed E-state index contributed by atoms with van der Waals surface area (Å²) in [5, 5.41) is 2.48. The minimum absolute atomic E-state index is 0.142. The van der Waals surface area contributed by atoms with Crippen LogP contribution in [-0.2, 0) is 0 Å². The van der Waals surface area contributed by atoms with Crippen LogP contribution in [0.1, 0.15) is 16.2 Å². The van der Waals surface area contributed by atoms with Crippen LogP contribution in [0.3, 0.4) is 0 Å². The molecule has 0 aliphatic heterocycles. The summed E-state index contributed by atoms with van der Waals surface area (Å²) in [4.78, 5) is 20.8. The van der Waals surface area contributed by atoms with Crippen LogP contribution in [0.15, 0.2) is 42.5 Å². The van der Waals surface area contributed by atoms with E-state index < -0.39 is 17.5 Å². The molecular formula is C16H11F2N3O. The minimum atomic E-state index is -1.03. The van der Waals surface area contributed by atoms with Crippen molar-refractivity contribution in [2.45, 2.75) is 6.92 Å². The first kappa shape index (κ1) is 14.1. The fourth-order valence-corrected chi connectivity index (χ4v) is 2.07. The Morgan fingerprint density at radius 1 is 1.00 bits per heavy atom. The van der Waals surface area contributed by atoms with Crippen LogP contribution >= 0.6 is 0 Å². The summed E-state index contributed by atoms with van der Waals surface area (Å²) < 4.78 is 26.1. The fraction of sp³-hybridized carbons (Fsp3) is 0.0625. The lowest BCUT2D eigenvalue weighted by Gasteiger charge is -2.08. The van der Waals surface area contributed by atoms with Gasteiger partial charge in [-0.05, 0) is 31.2 Å². The third-order valence-corrected chi connectivity index (χ3v) is 3.14. The summed E-state index contributed by atoms with van der Waals surface area (Å²) in [6.45, 7) is 1.67. The summed E-state index contributed by atoms with van der Waals surface area (Å²) in [5.41, 5.74) is 2.02. The number of anilines is 1. The topological polar surface area (TPSA) is 54.9 Å². The summed E-state index contributed by atoms with van der Waals surface area (Å²) in [5.74, 6) is -2.53. The molecule has 0 bridgehead atoms. The predicted octanol–water partition coefficient (Wildman–Crippen LogP) is 3.47. The van der Waals surface area contributed by atoms with E-state index >= 15 is 0 Å². The average molecular weight is 299 g/mol. The lowest BCUT2D eigenvalue weighted by molar-refractivity contribution is 0.102. The maximum Gasteiger partial charge on any atom is 0.276 e. The standard InChI is InChI=1S/C16H11F2N3O/c1-9-15(21-14-5-3-2-4-13(14)19-9)16(22)20-10-6-7-11(17)12(18)8-10/h2-8H,1H3,(H,20,22). The van der Waals surface area contributed by atoms with Crippen LogP contribution < -0.4 is 5.32 Å². The second kappa shape index (κ2) is 5.48. The number of rotatable bonds is 2. The number of hydrogen-bond donors (Lipinski definition) is 1. The molecule has 0 atom stereocenters. The summed E-state index contributed by atoms with van der Waals surface area (Å²) in [6, 6.07) is 10.3. The molecule has 0 saturated carbocycles. The number of para-hydroxylation sites is 2. The van der Waals surface area contributed by atoms with E-state index in [0.29, 0.717) is 16.7 Å². The first-order valence-corrected chi connectivity index (χ1v) is 6.54. The Morgan fingerprint density at radius 2 is 1.68 bits per heavy atom. The Hall–Kier alpha value is -2.89. The molecule has 0 spiro atoms. The Balaban J connectivity index is 1.94. The Morgan fingerprint density at radius 3 is 2.36 bits per heavy atom. The highest BCUT2D eigenvalue weighted by Gasteiger charge is 2.14. The van der Waals surface area contributed by atoms with E-state index in [0.717, 1.165) is 12.1 Å². The maximum atomic E-state index is 13.2. The monoisotopic (exact) mass is 299 g/mol. The summed E-state index contributed by atoms with van der Waals surface area (Å²) in [7, 11) is 0. The normalized spacial score (nSPS) is 10.7. The van der Waals surface area contributed by atoms with E-state index in [1.165, 1.54) is 6.07 Å². The molecule has 1 aromatic heterocycles. The van der Waals surface area contributed by atoms with E-state index in [1.54, 1.807) is 25.1 Å². The minimum Gasteiger partial charge on any atom is -0.320 e. The number of carbonyl (C=O) groups excluding carboxylic acids is 1. The van der Waals surface area contributed by atoms with Crippen molar-refractivity contribution < 1.29 is 13.6 Å². The number of fused-ring (bicyclic) bond motifs is 1. The molecule has 3 rings (SSSR count). The van der Waals surface area contributed by atoms with E-state index in [1.807, 2.05) is 6.07 Å². The number of benzene rings is 2. The zero-order chi connectivity index (χ0) is 15.7. The van der Waals surface area contributed by atoms with Gasteiger partial charge in [0.1, 0.15) is 5.69 Å². The van der Waals surface area contributed by atoms with Gasteiger partial charge in [-0.15, -0.1) is 0 Å². The van der Waals surface area contributed by atoms with Crippen LogP contribution in [0, 0.1) is 18.6 Å². The molecule has 0 fully saturated rings. The largest absolute Gasteiger partial charge is 0.320 e. The number of aromatic nitrogens is 2. The highest BCUT2D eigenvalue weighted by atomic mass is 19.2. The molecule has 1 heterocycles. The number of hydrogen-bond acceptors (Lipinski definition) is 3. The highest BCUT2D eigenvalue weighted by molar-refractivity contribution is 6.04. The number of amides is 1. The zero-order valence-electron chi connectivity index (χ0n) is 11.6. The highest BCUT2D eigenvalue weighted by Crippen LogP contribution is 2.16. The van der Waals surface area contributed by atoms with Gasteiger partial charge in [-0.1, -0.05) is 12.1 Å². The number of carbonyl (C=O) groups is 1. The lowest BCUT2D eigenvalue weighted by Crippen LogP contribution is -2.16. The van der Waals surface area contributed by atoms with Gasteiger partial charge in [-0.25, -0.2) is 18.7 Å². The third kappa shape index (κ3) is 2.63. The maximum absolute atomic E-state index is 13.2. The molecule has 4 nitrogen and oxygen atoms in total. The molecule has 2 aromatic carbocycles. The molecule has 6 heteroatoms. The number of aryl methyl sites for hydroxylation is 1. The Bertz CT molecular complexity index is 880. The van der Waals surface area contributed by atoms with Crippen molar-refractivity contribution in [3.63, 3.8) is 0 Å². The van der Waals surface area contributed by atoms with Crippen molar-refractivity contribution in [3.05, 3.63) is 65.5 Å². The average Bonchev–Trinajstić information content (AvgIpc) is 2.50. The summed E-state index contributed by atoms with van der Waals surface area (Å²) in [6.07, 6.45) is 0. The van der Waals surface area contributed by atoms with Gasteiger partial charge >= 0.3 is 0 Å². The van der Waals surface area contributed by atoms with Crippen molar-refractivity contribution in [3.8, 4) is 0 Å². The van der Waals surface area contributed by atoms with Crippen LogP contribution in [-0.4, -0.2) is 15.9 Å². The molecule has 0 aliphatic carbocycles. The number of halogens is 2. The van der Waals surface area contributed by atoms with Gasteiger partial charge in [-0.2, -0.15) is 0 Å². The van der Waals surface area contributed by atoms with Gasteiger partial charge in [0.15, 0.2) is 11.6 Å². The number of nitrogens with one attached hydrogen (secondary N) is 1. The fourth-order valence-electron chi connectivity index (χ4n) is 2.07. The van der Waals surface area contributed by atoms with E-state index in [4.69, 9.17) is 0 Å². The molecule has 0 radical (unpaired) electrons. The molecule has 3 aromatic rings. The quantitative estimate of drug-likeness (QED) is 0.788. The molecule has 110 valence electrons. The van der Waals surface area contributed by atoms with Crippen LogP contribution in [0.4, 0.5) is 14.5 Å². The lowest BCUT2D eigenvalue weighted by atomic mass is 10.2. The second-order valence-corrected chi connectivity index (χ2v) is 4.73. The van der Waals surface area contributed by atoms with Gasteiger partial charge in [-0.3, -0.25) is 4.79 Å². The summed E-state index contributed by atoms with van der Waals surface area (Å²) >= 11 is 0. The molecule has 1 amide bonds. The van der Waals surface area contributed by atoms with Gasteiger partial charge < -0.3 is 5.32 Å². The van der Waals surface area contributed by atoms with Crippen molar-refractivity contribution >= 4 is 22.6 Å². The zero-order valence-corrected chi connectivity index (χ0v) is 11.6. The first-order valence-electron chi connectivity index (χ1n) is 6.54. The van der Waals surface area contributed by atoms with Crippen molar-refractivity contribution in [2.75, 3.05) is 5.32 Å². The SMILES string of the molecule is Cc1nc2ccccc2nc1C(=O)Nc1ccc(F)c(F)c1. The van der Waals surface area contributed by atoms with Crippen molar-refractivity contribution in [1.29, 1.82) is 0 Å². The Kier molecular flexibility index (Phi) is 3.50. The molecular weight excluding hydrogens is 288 g/mol. The second-order valence-electron chi connectivity index (χ2n) is 4.73. The van der Waals surface area contributed by atoms with E-state index in [2.05, 4.69) is 15.3 Å². The van der Waals surface area contributed by atoms with Crippen LogP contribution in [0.5, 0.6) is 0 Å². The van der Waals surface area contributed by atoms with Gasteiger partial charge in [0.25, 0.3) is 5.91 Å². The van der Waals surface area contributed by atoms with Crippen LogP contribution in [0.25, 0.3) is 11.0 Å². The van der Waals surface area contributed by atoms with Gasteiger partial charge in [0.2, 0.25) is 0 Å².